The number of benzene rings is 4. The molecule has 58 heavy (non-hydrogen) atoms. The number of nitrogens with zero attached hydrogens (tertiary/aromatic N) is 4. The zero-order chi connectivity index (χ0) is 39.8. The molecule has 3 aliphatic heterocycles. The second kappa shape index (κ2) is 16.7. The van der Waals surface area contributed by atoms with E-state index in [0.717, 1.165) is 65.5 Å². The van der Waals surface area contributed by atoms with E-state index in [0.29, 0.717) is 56.9 Å². The van der Waals surface area contributed by atoms with Gasteiger partial charge in [0.25, 0.3) is 0 Å². The average molecular weight is 785 g/mol. The van der Waals surface area contributed by atoms with Crippen molar-refractivity contribution in [3.63, 3.8) is 0 Å². The number of ether oxygens (including phenoxy) is 2. The maximum absolute atomic E-state index is 14.1. The molecule has 10 heteroatoms. The number of hydrogen-bond acceptors (Lipinski definition) is 6. The number of amides is 2. The van der Waals surface area contributed by atoms with E-state index in [4.69, 9.17) is 14.5 Å². The van der Waals surface area contributed by atoms with E-state index in [2.05, 4.69) is 29.3 Å². The van der Waals surface area contributed by atoms with Gasteiger partial charge in [-0.2, -0.15) is 0 Å². The van der Waals surface area contributed by atoms with Crippen LogP contribution < -0.4 is 0 Å². The second-order valence-corrected chi connectivity index (χ2v) is 16.6. The quantitative estimate of drug-likeness (QED) is 0.100. The molecule has 3 heterocycles. The molecule has 0 spiro atoms. The molecular weight excluding hydrogens is 735 g/mol. The van der Waals surface area contributed by atoms with Gasteiger partial charge in [0.1, 0.15) is 29.9 Å². The second-order valence-electron chi connectivity index (χ2n) is 16.6. The summed E-state index contributed by atoms with van der Waals surface area (Å²) in [4.78, 5) is 39.3. The lowest BCUT2D eigenvalue weighted by atomic mass is 9.92. The molecule has 4 unspecified atom stereocenters. The van der Waals surface area contributed by atoms with Crippen LogP contribution in [0.25, 0.3) is 0 Å². The van der Waals surface area contributed by atoms with Crippen molar-refractivity contribution < 1.29 is 27.8 Å². The van der Waals surface area contributed by atoms with Crippen LogP contribution in [0.1, 0.15) is 109 Å². The van der Waals surface area contributed by atoms with Gasteiger partial charge in [-0.05, 0) is 102 Å². The normalized spacial score (nSPS) is 23.6. The lowest BCUT2D eigenvalue weighted by Gasteiger charge is -2.35. The monoisotopic (exact) mass is 784 g/mol. The zero-order valence-corrected chi connectivity index (χ0v) is 32.9. The minimum absolute atomic E-state index is 0.0284. The molecule has 0 bridgehead atoms. The lowest BCUT2D eigenvalue weighted by Crippen LogP contribution is -2.35. The summed E-state index contributed by atoms with van der Waals surface area (Å²) >= 11 is 0. The van der Waals surface area contributed by atoms with Gasteiger partial charge in [-0.15, -0.1) is 0 Å². The van der Waals surface area contributed by atoms with E-state index < -0.39 is 12.1 Å². The molecule has 0 N–H and O–H groups in total. The molecule has 2 amide bonds. The van der Waals surface area contributed by atoms with Crippen LogP contribution in [0.4, 0.5) is 8.78 Å². The van der Waals surface area contributed by atoms with Gasteiger partial charge >= 0.3 is 0 Å². The van der Waals surface area contributed by atoms with Gasteiger partial charge in [-0.1, -0.05) is 72.8 Å². The first-order valence-corrected chi connectivity index (χ1v) is 20.9. The Morgan fingerprint density at radius 1 is 0.707 bits per heavy atom. The summed E-state index contributed by atoms with van der Waals surface area (Å²) in [6, 6.07) is 28.8. The highest BCUT2D eigenvalue weighted by Gasteiger charge is 2.50. The number of carbonyl (C=O) groups is 2. The standard InChI is InChI=1S/C48H50F2N4O4/c1-51-27-30-8-10-35(11-9-30)48(46(54-25-3-5-42(54)56)34-18-22-39(50)23-19-34)58-29-37-26-40(37)44-43(52-44)32-12-14-36(15-13-32)47(57-28-31-6-7-31)45(53-24-2-4-41(53)55)33-16-20-38(49)21-17-33/h8-23,27,31,37,40,43,45-48H,2-7,24-26,28-29H2,1H3/t37?,40?,43?,45-,46+,47+,48?/m1/s1. The van der Waals surface area contributed by atoms with E-state index >= 15 is 0 Å². The molecule has 4 fully saturated rings. The highest BCUT2D eigenvalue weighted by molar-refractivity contribution is 6.04. The third kappa shape index (κ3) is 8.41. The molecule has 300 valence electrons. The molecule has 2 saturated heterocycles. The fourth-order valence-electron chi connectivity index (χ4n) is 9.01. The predicted molar refractivity (Wildman–Crippen MR) is 218 cm³/mol. The van der Waals surface area contributed by atoms with E-state index in [1.807, 2.05) is 34.1 Å². The Morgan fingerprint density at radius 3 is 1.69 bits per heavy atom. The van der Waals surface area contributed by atoms with E-state index in [-0.39, 0.29) is 41.6 Å². The summed E-state index contributed by atoms with van der Waals surface area (Å²) in [5.74, 6) is 0.725. The summed E-state index contributed by atoms with van der Waals surface area (Å²) in [5.41, 5.74) is 6.96. The van der Waals surface area contributed by atoms with Gasteiger partial charge in [0.2, 0.25) is 11.8 Å². The van der Waals surface area contributed by atoms with Crippen molar-refractivity contribution in [2.45, 2.75) is 75.3 Å². The van der Waals surface area contributed by atoms with Crippen molar-refractivity contribution in [3.05, 3.63) is 142 Å². The van der Waals surface area contributed by atoms with Crippen LogP contribution in [0.2, 0.25) is 0 Å². The van der Waals surface area contributed by atoms with Crippen molar-refractivity contribution >= 4 is 23.7 Å². The average Bonchev–Trinajstić information content (AvgIpc) is 4.18. The molecule has 2 aliphatic carbocycles. The smallest absolute Gasteiger partial charge is 0.223 e. The van der Waals surface area contributed by atoms with E-state index in [1.165, 1.54) is 30.0 Å². The summed E-state index contributed by atoms with van der Waals surface area (Å²) in [6.45, 7) is 2.42. The number of aliphatic imine (C=N–C) groups is 2. The Bertz CT molecular complexity index is 2150. The van der Waals surface area contributed by atoms with Crippen LogP contribution >= 0.6 is 0 Å². The van der Waals surface area contributed by atoms with Crippen LogP contribution in [-0.4, -0.2) is 66.9 Å². The summed E-state index contributed by atoms with van der Waals surface area (Å²) in [6.07, 6.45) is 6.84. The molecular formula is C48H50F2N4O4. The molecule has 4 aromatic carbocycles. The third-order valence-electron chi connectivity index (χ3n) is 12.5. The Hall–Kier alpha value is -5.06. The van der Waals surface area contributed by atoms with Crippen LogP contribution in [0.15, 0.2) is 107 Å². The van der Waals surface area contributed by atoms with Gasteiger partial charge in [0, 0.05) is 50.8 Å². The Kier molecular flexibility index (Phi) is 11.0. The van der Waals surface area contributed by atoms with Gasteiger partial charge in [0.15, 0.2) is 0 Å². The molecule has 8 nitrogen and oxygen atoms in total. The largest absolute Gasteiger partial charge is 0.371 e. The number of carbonyl (C=O) groups excluding carboxylic acids is 2. The fourth-order valence-corrected chi connectivity index (χ4v) is 9.01. The summed E-state index contributed by atoms with van der Waals surface area (Å²) < 4.78 is 41.7. The number of hydrogen-bond donors (Lipinski definition) is 0. The van der Waals surface area contributed by atoms with E-state index in [9.17, 15) is 18.4 Å². The maximum Gasteiger partial charge on any atom is 0.223 e. The predicted octanol–water partition coefficient (Wildman–Crippen LogP) is 9.10. The minimum atomic E-state index is -0.449. The van der Waals surface area contributed by atoms with Gasteiger partial charge in [0.05, 0.1) is 25.3 Å². The first-order valence-electron chi connectivity index (χ1n) is 20.9. The van der Waals surface area contributed by atoms with Gasteiger partial charge in [-0.3, -0.25) is 19.6 Å². The number of rotatable bonds is 17. The lowest BCUT2D eigenvalue weighted by molar-refractivity contribution is -0.134. The Morgan fingerprint density at radius 2 is 1.21 bits per heavy atom. The first-order chi connectivity index (χ1) is 28.3. The first kappa shape index (κ1) is 38.5. The molecule has 2 saturated carbocycles. The topological polar surface area (TPSA) is 83.8 Å². The Labute approximate surface area is 339 Å². The summed E-state index contributed by atoms with van der Waals surface area (Å²) in [5, 5.41) is 0. The van der Waals surface area contributed by atoms with Crippen molar-refractivity contribution in [2.24, 2.45) is 27.7 Å². The number of likely N-dealkylation sites (tertiary alicyclic amines) is 2. The molecule has 7 atom stereocenters. The Balaban J connectivity index is 0.901. The highest BCUT2D eigenvalue weighted by Crippen LogP contribution is 2.51. The van der Waals surface area contributed by atoms with Crippen molar-refractivity contribution in [2.75, 3.05) is 33.4 Å². The molecule has 0 aromatic heterocycles. The SMILES string of the molecule is CN=Cc1ccc(C(OCC2CC2C2=NC2c2ccc([C@H](OCC3CC3)[C@@H](c3ccc(F)cc3)N3CCCC3=O)cc2)[C@H](c2ccc(F)cc2)N2CCCC2=O)cc1. The highest BCUT2D eigenvalue weighted by atomic mass is 19.1. The number of halogens is 2. The van der Waals surface area contributed by atoms with Crippen molar-refractivity contribution in [1.29, 1.82) is 0 Å². The fraction of sp³-hybridized carbons (Fsp3) is 0.417. The van der Waals surface area contributed by atoms with E-state index in [1.54, 1.807) is 37.5 Å². The molecule has 0 radical (unpaired) electrons. The maximum atomic E-state index is 14.1. The minimum Gasteiger partial charge on any atom is -0.371 e. The van der Waals surface area contributed by atoms with Crippen LogP contribution in [0.3, 0.4) is 0 Å². The van der Waals surface area contributed by atoms with Gasteiger partial charge in [-0.25, -0.2) is 8.78 Å². The van der Waals surface area contributed by atoms with Crippen LogP contribution in [0.5, 0.6) is 0 Å². The summed E-state index contributed by atoms with van der Waals surface area (Å²) in [7, 11) is 1.74. The molecule has 9 rings (SSSR count). The zero-order valence-electron chi connectivity index (χ0n) is 32.9. The van der Waals surface area contributed by atoms with Gasteiger partial charge < -0.3 is 19.3 Å². The van der Waals surface area contributed by atoms with Crippen molar-refractivity contribution in [1.82, 2.24) is 9.80 Å². The van der Waals surface area contributed by atoms with Crippen LogP contribution in [0, 0.1) is 29.4 Å². The molecule has 5 aliphatic rings. The third-order valence-corrected chi connectivity index (χ3v) is 12.5. The van der Waals surface area contributed by atoms with Crippen LogP contribution in [-0.2, 0) is 19.1 Å². The van der Waals surface area contributed by atoms with Crippen molar-refractivity contribution in [3.8, 4) is 0 Å². The molecule has 4 aromatic rings.